The number of fused-ring (bicyclic) bond motifs is 1. The molecule has 0 bridgehead atoms. The Kier molecular flexibility index (Phi) is 13.5. The van der Waals surface area contributed by atoms with Crippen LogP contribution in [0.4, 0.5) is 0 Å². The monoisotopic (exact) mass is 626 g/mol. The SMILES string of the molecule is CSCCC(NC(=O)C(Cc1c[nH]c2ccccc12)NC(=O)C(CCCCN)NC(=O)C(N)Cc1ccc(O)cc1)C(=O)O. The molecule has 2 aromatic carbocycles. The number of rotatable bonds is 18. The number of phenols is 1. The van der Waals surface area contributed by atoms with E-state index in [1.807, 2.05) is 30.5 Å². The fourth-order valence-corrected chi connectivity index (χ4v) is 5.26. The summed E-state index contributed by atoms with van der Waals surface area (Å²) in [6.07, 6.45) is 5.49. The largest absolute Gasteiger partial charge is 0.508 e. The van der Waals surface area contributed by atoms with Crippen LogP contribution in [0.5, 0.6) is 5.75 Å². The van der Waals surface area contributed by atoms with Crippen LogP contribution in [-0.4, -0.2) is 81.6 Å². The van der Waals surface area contributed by atoms with Crippen LogP contribution >= 0.6 is 11.8 Å². The van der Waals surface area contributed by atoms with Crippen LogP contribution in [0, 0.1) is 0 Å². The quantitative estimate of drug-likeness (QED) is 0.0957. The van der Waals surface area contributed by atoms with Crippen molar-refractivity contribution in [3.63, 3.8) is 0 Å². The zero-order chi connectivity index (χ0) is 32.1. The number of carboxylic acids is 1. The molecule has 3 aromatic rings. The Hall–Kier alpha value is -4.07. The number of aromatic hydroxyl groups is 1. The third-order valence-corrected chi connectivity index (χ3v) is 7.91. The number of carbonyl (C=O) groups excluding carboxylic acids is 3. The van der Waals surface area contributed by atoms with Crippen molar-refractivity contribution in [3.8, 4) is 5.75 Å². The van der Waals surface area contributed by atoms with Crippen molar-refractivity contribution in [3.05, 3.63) is 65.9 Å². The Morgan fingerprint density at radius 1 is 0.864 bits per heavy atom. The maximum Gasteiger partial charge on any atom is 0.326 e. The number of aromatic amines is 1. The molecule has 12 nitrogen and oxygen atoms in total. The molecule has 0 saturated heterocycles. The number of benzene rings is 2. The van der Waals surface area contributed by atoms with E-state index in [9.17, 15) is 29.4 Å². The van der Waals surface area contributed by atoms with Gasteiger partial charge in [-0.15, -0.1) is 0 Å². The average molecular weight is 627 g/mol. The van der Waals surface area contributed by atoms with Crippen LogP contribution < -0.4 is 27.4 Å². The summed E-state index contributed by atoms with van der Waals surface area (Å²) < 4.78 is 0. The van der Waals surface area contributed by atoms with Gasteiger partial charge in [0.15, 0.2) is 0 Å². The summed E-state index contributed by atoms with van der Waals surface area (Å²) in [6, 6.07) is 9.59. The molecule has 3 rings (SSSR count). The van der Waals surface area contributed by atoms with Gasteiger partial charge in [0.05, 0.1) is 6.04 Å². The average Bonchev–Trinajstić information content (AvgIpc) is 3.41. The number of amides is 3. The van der Waals surface area contributed by atoms with Crippen LogP contribution in [0.3, 0.4) is 0 Å². The van der Waals surface area contributed by atoms with E-state index < -0.39 is 47.9 Å². The lowest BCUT2D eigenvalue weighted by Crippen LogP contribution is -2.57. The van der Waals surface area contributed by atoms with Gasteiger partial charge in [-0.3, -0.25) is 14.4 Å². The molecular weight excluding hydrogens is 584 g/mol. The molecule has 0 aliphatic heterocycles. The Morgan fingerprint density at radius 2 is 1.52 bits per heavy atom. The number of thioether (sulfide) groups is 1. The molecule has 0 fully saturated rings. The van der Waals surface area contributed by atoms with Gasteiger partial charge in [-0.1, -0.05) is 30.3 Å². The van der Waals surface area contributed by atoms with Crippen molar-refractivity contribution >= 4 is 46.4 Å². The molecule has 1 aromatic heterocycles. The highest BCUT2D eigenvalue weighted by atomic mass is 32.2. The van der Waals surface area contributed by atoms with Crippen LogP contribution in [0.15, 0.2) is 54.7 Å². The summed E-state index contributed by atoms with van der Waals surface area (Å²) >= 11 is 1.46. The Labute approximate surface area is 260 Å². The number of H-pyrrole nitrogens is 1. The number of nitrogens with two attached hydrogens (primary N) is 2. The van der Waals surface area contributed by atoms with Gasteiger partial charge in [-0.25, -0.2) is 4.79 Å². The maximum absolute atomic E-state index is 13.7. The van der Waals surface area contributed by atoms with Gasteiger partial charge < -0.3 is 42.6 Å². The molecule has 13 heteroatoms. The van der Waals surface area contributed by atoms with Crippen LogP contribution in [0.25, 0.3) is 10.9 Å². The number of hydrogen-bond acceptors (Lipinski definition) is 8. The van der Waals surface area contributed by atoms with Crippen molar-refractivity contribution in [2.75, 3.05) is 18.6 Å². The summed E-state index contributed by atoms with van der Waals surface area (Å²) in [7, 11) is 0. The highest BCUT2D eigenvalue weighted by Crippen LogP contribution is 2.20. The second-order valence-corrected chi connectivity index (χ2v) is 11.6. The summed E-state index contributed by atoms with van der Waals surface area (Å²) in [5.74, 6) is -2.34. The second kappa shape index (κ2) is 17.3. The van der Waals surface area contributed by atoms with Gasteiger partial charge >= 0.3 is 5.97 Å². The van der Waals surface area contributed by atoms with Gasteiger partial charge in [-0.05, 0) is 80.0 Å². The Balaban J connectivity index is 1.80. The lowest BCUT2D eigenvalue weighted by molar-refractivity contribution is -0.142. The number of carbonyl (C=O) groups is 4. The predicted molar refractivity (Wildman–Crippen MR) is 171 cm³/mol. The maximum atomic E-state index is 13.7. The summed E-state index contributed by atoms with van der Waals surface area (Å²) in [4.78, 5) is 55.3. The second-order valence-electron chi connectivity index (χ2n) is 10.6. The van der Waals surface area contributed by atoms with E-state index in [4.69, 9.17) is 11.5 Å². The third kappa shape index (κ3) is 10.3. The molecule has 1 heterocycles. The van der Waals surface area contributed by atoms with Crippen LogP contribution in [0.2, 0.25) is 0 Å². The number of nitrogens with one attached hydrogen (secondary N) is 4. The van der Waals surface area contributed by atoms with E-state index in [1.165, 1.54) is 23.9 Å². The van der Waals surface area contributed by atoms with E-state index in [1.54, 1.807) is 18.3 Å². The van der Waals surface area contributed by atoms with E-state index in [-0.39, 0.29) is 31.4 Å². The highest BCUT2D eigenvalue weighted by molar-refractivity contribution is 7.98. The standard InChI is InChI=1S/C31H42N6O6S/c1-44-15-13-26(31(42)43)36-30(41)27(17-20-18-34-24-7-3-2-6-22(20)24)37-29(40)25(8-4-5-14-32)35-28(39)23(33)16-19-9-11-21(38)12-10-19/h2-3,6-7,9-12,18,23,25-27,34,38H,4-5,8,13-17,32-33H2,1H3,(H,35,39)(H,36,41)(H,37,40)(H,42,43). The van der Waals surface area contributed by atoms with Gasteiger partial charge in [0.1, 0.15) is 23.9 Å². The first-order chi connectivity index (χ1) is 21.1. The first-order valence-electron chi connectivity index (χ1n) is 14.5. The van der Waals surface area contributed by atoms with E-state index in [0.29, 0.717) is 25.1 Å². The van der Waals surface area contributed by atoms with E-state index in [0.717, 1.165) is 22.0 Å². The number of unbranched alkanes of at least 4 members (excludes halogenated alkanes) is 1. The van der Waals surface area contributed by atoms with E-state index in [2.05, 4.69) is 20.9 Å². The summed E-state index contributed by atoms with van der Waals surface area (Å²) in [5, 5.41) is 28.1. The molecule has 0 aliphatic rings. The minimum absolute atomic E-state index is 0.0836. The molecule has 0 radical (unpaired) electrons. The molecule has 0 aliphatic carbocycles. The number of aromatic nitrogens is 1. The first-order valence-corrected chi connectivity index (χ1v) is 15.9. The van der Waals surface area contributed by atoms with Crippen molar-refractivity contribution in [1.29, 1.82) is 0 Å². The molecule has 10 N–H and O–H groups in total. The van der Waals surface area contributed by atoms with Gasteiger partial charge in [0, 0.05) is 23.5 Å². The smallest absolute Gasteiger partial charge is 0.326 e. The first kappa shape index (κ1) is 34.4. The third-order valence-electron chi connectivity index (χ3n) is 7.27. The number of para-hydroxylation sites is 1. The molecule has 0 spiro atoms. The minimum atomic E-state index is -1.17. The minimum Gasteiger partial charge on any atom is -0.508 e. The predicted octanol–water partition coefficient (Wildman–Crippen LogP) is 1.41. The van der Waals surface area contributed by atoms with Crippen molar-refractivity contribution in [2.45, 2.75) is 62.7 Å². The molecular formula is C31H42N6O6S. The molecule has 4 unspecified atom stereocenters. The summed E-state index contributed by atoms with van der Waals surface area (Å²) in [6.45, 7) is 0.404. The van der Waals surface area contributed by atoms with E-state index >= 15 is 0 Å². The number of carboxylic acid groups (broad SMARTS) is 1. The van der Waals surface area contributed by atoms with Crippen molar-refractivity contribution < 1.29 is 29.4 Å². The van der Waals surface area contributed by atoms with Gasteiger partial charge in [0.25, 0.3) is 0 Å². The zero-order valence-electron chi connectivity index (χ0n) is 24.8. The Morgan fingerprint density at radius 3 is 2.20 bits per heavy atom. The highest BCUT2D eigenvalue weighted by Gasteiger charge is 2.31. The molecule has 0 saturated carbocycles. The fourth-order valence-electron chi connectivity index (χ4n) is 4.79. The lowest BCUT2D eigenvalue weighted by Gasteiger charge is -2.25. The van der Waals surface area contributed by atoms with Crippen molar-refractivity contribution in [1.82, 2.24) is 20.9 Å². The zero-order valence-corrected chi connectivity index (χ0v) is 25.6. The van der Waals surface area contributed by atoms with Crippen molar-refractivity contribution in [2.24, 2.45) is 11.5 Å². The number of hydrogen-bond donors (Lipinski definition) is 8. The fraction of sp³-hybridized carbons (Fsp3) is 0.419. The summed E-state index contributed by atoms with van der Waals surface area (Å²) in [5.41, 5.74) is 14.2. The number of aliphatic carboxylic acids is 1. The topological polar surface area (TPSA) is 213 Å². The molecule has 238 valence electrons. The molecule has 44 heavy (non-hydrogen) atoms. The number of phenolic OH excluding ortho intramolecular Hbond substituents is 1. The van der Waals surface area contributed by atoms with Crippen LogP contribution in [0.1, 0.15) is 36.8 Å². The van der Waals surface area contributed by atoms with Gasteiger partial charge in [0.2, 0.25) is 17.7 Å². The van der Waals surface area contributed by atoms with Gasteiger partial charge in [-0.2, -0.15) is 11.8 Å². The molecule has 3 amide bonds. The molecule has 4 atom stereocenters. The Bertz CT molecular complexity index is 1400. The lowest BCUT2D eigenvalue weighted by atomic mass is 10.0. The normalized spacial score (nSPS) is 13.9. The van der Waals surface area contributed by atoms with Crippen LogP contribution in [-0.2, 0) is 32.0 Å².